The summed E-state index contributed by atoms with van der Waals surface area (Å²) >= 11 is 11.9. The Labute approximate surface area is 143 Å². The zero-order chi connectivity index (χ0) is 16.6. The first-order valence-electron chi connectivity index (χ1n) is 6.92. The van der Waals surface area contributed by atoms with E-state index in [0.29, 0.717) is 21.4 Å². The molecule has 0 spiro atoms. The van der Waals surface area contributed by atoms with Crippen LogP contribution in [0.3, 0.4) is 0 Å². The van der Waals surface area contributed by atoms with Crippen LogP contribution < -0.4 is 11.1 Å². The molecule has 3 rings (SSSR count). The third-order valence-corrected chi connectivity index (χ3v) is 4.14. The van der Waals surface area contributed by atoms with E-state index < -0.39 is 0 Å². The highest BCUT2D eigenvalue weighted by atomic mass is 35.5. The number of nitrogen functional groups attached to an aromatic ring is 1. The van der Waals surface area contributed by atoms with E-state index in [2.05, 4.69) is 10.3 Å². The zero-order valence-electron chi connectivity index (χ0n) is 12.3. The molecule has 5 nitrogen and oxygen atoms in total. The SMILES string of the molecule is Cc1nc2ccccc2n1CC(=O)Nc1cc(Cl)c(N)c(Cl)c1. The highest BCUT2D eigenvalue weighted by Crippen LogP contribution is 2.31. The normalized spacial score (nSPS) is 10.9. The predicted octanol–water partition coefficient (Wildman–Crippen LogP) is 3.87. The third-order valence-electron chi connectivity index (χ3n) is 3.51. The standard InChI is InChI=1S/C16H14Cl2N4O/c1-9-20-13-4-2-3-5-14(13)22(9)8-15(23)21-10-6-11(17)16(19)12(18)7-10/h2-7H,8,19H2,1H3,(H,21,23). The van der Waals surface area contributed by atoms with Crippen LogP contribution in [0, 0.1) is 6.92 Å². The number of halogens is 2. The van der Waals surface area contributed by atoms with Crippen molar-refractivity contribution >= 4 is 51.5 Å². The molecular formula is C16H14Cl2N4O. The second-order valence-electron chi connectivity index (χ2n) is 5.14. The van der Waals surface area contributed by atoms with Crippen LogP contribution in [0.5, 0.6) is 0 Å². The Kier molecular flexibility index (Phi) is 4.15. The van der Waals surface area contributed by atoms with Crippen molar-refractivity contribution in [3.05, 3.63) is 52.3 Å². The summed E-state index contributed by atoms with van der Waals surface area (Å²) in [7, 11) is 0. The summed E-state index contributed by atoms with van der Waals surface area (Å²) in [6.07, 6.45) is 0. The van der Waals surface area contributed by atoms with Crippen molar-refractivity contribution in [3.8, 4) is 0 Å². The molecule has 0 unspecified atom stereocenters. The van der Waals surface area contributed by atoms with Crippen LogP contribution in [0.25, 0.3) is 11.0 Å². The molecule has 118 valence electrons. The molecule has 0 bridgehead atoms. The number of carbonyl (C=O) groups excluding carboxylic acids is 1. The van der Waals surface area contributed by atoms with Crippen LogP contribution in [-0.4, -0.2) is 15.5 Å². The molecular weight excluding hydrogens is 335 g/mol. The molecule has 0 aliphatic heterocycles. The summed E-state index contributed by atoms with van der Waals surface area (Å²) in [5, 5.41) is 3.37. The maximum atomic E-state index is 12.3. The lowest BCUT2D eigenvalue weighted by atomic mass is 10.2. The minimum Gasteiger partial charge on any atom is -0.396 e. The van der Waals surface area contributed by atoms with Crippen molar-refractivity contribution in [2.75, 3.05) is 11.1 Å². The third kappa shape index (κ3) is 3.11. The van der Waals surface area contributed by atoms with Gasteiger partial charge in [-0.2, -0.15) is 0 Å². The van der Waals surface area contributed by atoms with Gasteiger partial charge >= 0.3 is 0 Å². The van der Waals surface area contributed by atoms with Gasteiger partial charge in [0.25, 0.3) is 0 Å². The molecule has 0 fully saturated rings. The Morgan fingerprint density at radius 2 is 1.91 bits per heavy atom. The maximum Gasteiger partial charge on any atom is 0.244 e. The summed E-state index contributed by atoms with van der Waals surface area (Å²) in [6.45, 7) is 2.01. The number of fused-ring (bicyclic) bond motifs is 1. The van der Waals surface area contributed by atoms with Crippen LogP contribution in [0.2, 0.25) is 10.0 Å². The summed E-state index contributed by atoms with van der Waals surface area (Å²) in [5.74, 6) is 0.572. The first-order valence-corrected chi connectivity index (χ1v) is 7.67. The zero-order valence-corrected chi connectivity index (χ0v) is 13.8. The van der Waals surface area contributed by atoms with E-state index in [-0.39, 0.29) is 12.5 Å². The van der Waals surface area contributed by atoms with Crippen molar-refractivity contribution in [1.29, 1.82) is 0 Å². The molecule has 7 heteroatoms. The smallest absolute Gasteiger partial charge is 0.244 e. The largest absolute Gasteiger partial charge is 0.396 e. The summed E-state index contributed by atoms with van der Waals surface area (Å²) in [4.78, 5) is 16.7. The number of carbonyl (C=O) groups is 1. The second kappa shape index (κ2) is 6.10. The van der Waals surface area contributed by atoms with Gasteiger partial charge in [0.1, 0.15) is 12.4 Å². The lowest BCUT2D eigenvalue weighted by Gasteiger charge is -2.10. The van der Waals surface area contributed by atoms with Gasteiger partial charge in [0.15, 0.2) is 0 Å². The van der Waals surface area contributed by atoms with Crippen molar-refractivity contribution in [2.24, 2.45) is 0 Å². The van der Waals surface area contributed by atoms with Crippen LogP contribution >= 0.6 is 23.2 Å². The first-order chi connectivity index (χ1) is 11.0. The fourth-order valence-electron chi connectivity index (χ4n) is 2.40. The number of rotatable bonds is 3. The molecule has 2 aromatic carbocycles. The summed E-state index contributed by atoms with van der Waals surface area (Å²) in [6, 6.07) is 10.8. The average Bonchev–Trinajstić information content (AvgIpc) is 2.81. The number of anilines is 2. The Hall–Kier alpha value is -2.24. The fraction of sp³-hybridized carbons (Fsp3) is 0.125. The molecule has 1 aromatic heterocycles. The summed E-state index contributed by atoms with van der Waals surface area (Å²) in [5.41, 5.74) is 8.25. The van der Waals surface area contributed by atoms with E-state index in [0.717, 1.165) is 16.9 Å². The molecule has 3 N–H and O–H groups in total. The number of hydrogen-bond acceptors (Lipinski definition) is 3. The number of hydrogen-bond donors (Lipinski definition) is 2. The Bertz CT molecular complexity index is 881. The quantitative estimate of drug-likeness (QED) is 0.705. The first kappa shape index (κ1) is 15.6. The van der Waals surface area contributed by atoms with E-state index >= 15 is 0 Å². The molecule has 23 heavy (non-hydrogen) atoms. The monoisotopic (exact) mass is 348 g/mol. The number of benzene rings is 2. The van der Waals surface area contributed by atoms with Crippen molar-refractivity contribution < 1.29 is 4.79 Å². The van der Waals surface area contributed by atoms with E-state index in [9.17, 15) is 4.79 Å². The van der Waals surface area contributed by atoms with E-state index in [1.807, 2.05) is 35.8 Å². The lowest BCUT2D eigenvalue weighted by molar-refractivity contribution is -0.116. The van der Waals surface area contributed by atoms with Gasteiger partial charge in [0.05, 0.1) is 26.8 Å². The molecule has 0 saturated heterocycles. The number of nitrogens with two attached hydrogens (primary N) is 1. The van der Waals surface area contributed by atoms with Gasteiger partial charge in [-0.15, -0.1) is 0 Å². The van der Waals surface area contributed by atoms with Crippen LogP contribution in [0.1, 0.15) is 5.82 Å². The van der Waals surface area contributed by atoms with Crippen LogP contribution in [0.15, 0.2) is 36.4 Å². The topological polar surface area (TPSA) is 72.9 Å². The molecule has 0 aliphatic rings. The minimum atomic E-state index is -0.201. The molecule has 0 saturated carbocycles. The highest BCUT2D eigenvalue weighted by Gasteiger charge is 2.12. The molecule has 1 amide bonds. The van der Waals surface area contributed by atoms with Gasteiger partial charge in [-0.25, -0.2) is 4.98 Å². The van der Waals surface area contributed by atoms with E-state index in [1.165, 1.54) is 0 Å². The predicted molar refractivity (Wildman–Crippen MR) is 94.0 cm³/mol. The molecule has 1 heterocycles. The maximum absolute atomic E-state index is 12.3. The van der Waals surface area contributed by atoms with Crippen molar-refractivity contribution in [1.82, 2.24) is 9.55 Å². The van der Waals surface area contributed by atoms with Crippen molar-refractivity contribution in [2.45, 2.75) is 13.5 Å². The van der Waals surface area contributed by atoms with E-state index in [4.69, 9.17) is 28.9 Å². The number of amides is 1. The van der Waals surface area contributed by atoms with Gasteiger partial charge in [-0.3, -0.25) is 4.79 Å². The second-order valence-corrected chi connectivity index (χ2v) is 5.95. The highest BCUT2D eigenvalue weighted by molar-refractivity contribution is 6.39. The van der Waals surface area contributed by atoms with E-state index in [1.54, 1.807) is 12.1 Å². The molecule has 0 radical (unpaired) electrons. The van der Waals surface area contributed by atoms with Crippen molar-refractivity contribution in [3.63, 3.8) is 0 Å². The Morgan fingerprint density at radius 1 is 1.26 bits per heavy atom. The molecule has 0 aliphatic carbocycles. The van der Waals surface area contributed by atoms with Gasteiger partial charge in [-0.05, 0) is 31.2 Å². The van der Waals surface area contributed by atoms with Crippen LogP contribution in [0.4, 0.5) is 11.4 Å². The number of aryl methyl sites for hydroxylation is 1. The molecule has 0 atom stereocenters. The Balaban J connectivity index is 1.83. The van der Waals surface area contributed by atoms with Gasteiger partial charge in [-0.1, -0.05) is 35.3 Å². The number of aromatic nitrogens is 2. The van der Waals surface area contributed by atoms with Gasteiger partial charge in [0, 0.05) is 5.69 Å². The van der Waals surface area contributed by atoms with Crippen LogP contribution in [-0.2, 0) is 11.3 Å². The lowest BCUT2D eigenvalue weighted by Crippen LogP contribution is -2.19. The number of nitrogens with one attached hydrogen (secondary N) is 1. The van der Waals surface area contributed by atoms with Gasteiger partial charge < -0.3 is 15.6 Å². The summed E-state index contributed by atoms with van der Waals surface area (Å²) < 4.78 is 1.85. The number of para-hydroxylation sites is 2. The average molecular weight is 349 g/mol. The fourth-order valence-corrected chi connectivity index (χ4v) is 2.88. The minimum absolute atomic E-state index is 0.145. The number of imidazole rings is 1. The molecule has 3 aromatic rings. The van der Waals surface area contributed by atoms with Gasteiger partial charge in [0.2, 0.25) is 5.91 Å². The Morgan fingerprint density at radius 3 is 2.61 bits per heavy atom. The number of nitrogens with zero attached hydrogens (tertiary/aromatic N) is 2.